The van der Waals surface area contributed by atoms with Crippen LogP contribution in [0.5, 0.6) is 5.75 Å². The van der Waals surface area contributed by atoms with E-state index in [1.807, 2.05) is 24.4 Å². The fraction of sp³-hybridized carbons (Fsp3) is 0.438. The Morgan fingerprint density at radius 1 is 1.32 bits per heavy atom. The van der Waals surface area contributed by atoms with E-state index in [2.05, 4.69) is 36.3 Å². The smallest absolute Gasteiger partial charge is 0.121 e. The highest BCUT2D eigenvalue weighted by atomic mass is 16.5. The van der Waals surface area contributed by atoms with Crippen LogP contribution in [0.2, 0.25) is 0 Å². The zero-order chi connectivity index (χ0) is 13.5. The number of nitrogens with one attached hydrogen (secondary N) is 1. The Balaban J connectivity index is 1.89. The Hall–Kier alpha value is -1.61. The fourth-order valence-electron chi connectivity index (χ4n) is 2.00. The summed E-state index contributed by atoms with van der Waals surface area (Å²) in [5.41, 5.74) is 0.978. The molecule has 0 saturated heterocycles. The van der Waals surface area contributed by atoms with Crippen molar-refractivity contribution in [2.75, 3.05) is 13.1 Å². The predicted molar refractivity (Wildman–Crippen MR) is 79.6 cm³/mol. The van der Waals surface area contributed by atoms with Gasteiger partial charge in [-0.25, -0.2) is 0 Å². The van der Waals surface area contributed by atoms with Gasteiger partial charge < -0.3 is 10.1 Å². The van der Waals surface area contributed by atoms with Gasteiger partial charge in [-0.1, -0.05) is 19.4 Å². The lowest BCUT2D eigenvalue weighted by Crippen LogP contribution is -2.29. The molecule has 0 radical (unpaired) electrons. The zero-order valence-electron chi connectivity index (χ0n) is 11.7. The van der Waals surface area contributed by atoms with Gasteiger partial charge in [0.1, 0.15) is 11.9 Å². The molecule has 1 N–H and O–H groups in total. The van der Waals surface area contributed by atoms with Gasteiger partial charge in [0, 0.05) is 24.2 Å². The lowest BCUT2D eigenvalue weighted by Gasteiger charge is -2.15. The van der Waals surface area contributed by atoms with Crippen molar-refractivity contribution in [3.05, 3.63) is 36.5 Å². The second-order valence-electron chi connectivity index (χ2n) is 4.84. The second kappa shape index (κ2) is 7.10. The van der Waals surface area contributed by atoms with E-state index in [0.29, 0.717) is 0 Å². The van der Waals surface area contributed by atoms with Gasteiger partial charge in [0.2, 0.25) is 0 Å². The van der Waals surface area contributed by atoms with E-state index in [1.165, 1.54) is 12.8 Å². The van der Waals surface area contributed by atoms with Crippen LogP contribution >= 0.6 is 0 Å². The van der Waals surface area contributed by atoms with Crippen LogP contribution in [0.4, 0.5) is 0 Å². The van der Waals surface area contributed by atoms with Gasteiger partial charge in [-0.2, -0.15) is 0 Å². The molecule has 0 fully saturated rings. The number of benzene rings is 1. The first kappa shape index (κ1) is 13.8. The third kappa shape index (κ3) is 4.21. The number of nitrogens with zero attached hydrogens (tertiary/aromatic N) is 1. The molecule has 3 heteroatoms. The molecule has 0 bridgehead atoms. The summed E-state index contributed by atoms with van der Waals surface area (Å²) in [5, 5.41) is 4.55. The van der Waals surface area contributed by atoms with Crippen molar-refractivity contribution in [3.63, 3.8) is 0 Å². The third-order valence-corrected chi connectivity index (χ3v) is 3.05. The number of hydrogen-bond donors (Lipinski definition) is 1. The highest BCUT2D eigenvalue weighted by Gasteiger charge is 2.04. The van der Waals surface area contributed by atoms with Crippen molar-refractivity contribution < 1.29 is 4.74 Å². The van der Waals surface area contributed by atoms with E-state index in [-0.39, 0.29) is 6.10 Å². The molecular formula is C16H22N2O. The standard InChI is InChI=1S/C16H22N2O/c1-3-4-9-17-12-13(2)19-15-8-7-14-6-5-10-18-16(14)11-15/h5-8,10-11,13,17H,3-4,9,12H2,1-2H3. The van der Waals surface area contributed by atoms with Crippen LogP contribution in [0, 0.1) is 0 Å². The predicted octanol–water partition coefficient (Wildman–Crippen LogP) is 3.39. The van der Waals surface area contributed by atoms with E-state index < -0.39 is 0 Å². The summed E-state index contributed by atoms with van der Waals surface area (Å²) in [5.74, 6) is 0.885. The summed E-state index contributed by atoms with van der Waals surface area (Å²) in [7, 11) is 0. The summed E-state index contributed by atoms with van der Waals surface area (Å²) < 4.78 is 5.90. The van der Waals surface area contributed by atoms with Crippen molar-refractivity contribution in [1.82, 2.24) is 10.3 Å². The highest BCUT2D eigenvalue weighted by Crippen LogP contribution is 2.19. The lowest BCUT2D eigenvalue weighted by molar-refractivity contribution is 0.217. The van der Waals surface area contributed by atoms with Gasteiger partial charge in [0.05, 0.1) is 5.52 Å². The summed E-state index contributed by atoms with van der Waals surface area (Å²) in [6, 6.07) is 10.1. The molecule has 3 nitrogen and oxygen atoms in total. The number of hydrogen-bond acceptors (Lipinski definition) is 3. The van der Waals surface area contributed by atoms with Gasteiger partial charge in [-0.15, -0.1) is 0 Å². The van der Waals surface area contributed by atoms with Crippen molar-refractivity contribution in [1.29, 1.82) is 0 Å². The van der Waals surface area contributed by atoms with E-state index in [0.717, 1.165) is 29.7 Å². The summed E-state index contributed by atoms with van der Waals surface area (Å²) in [6.45, 7) is 6.22. The molecule has 0 aliphatic heterocycles. The minimum atomic E-state index is 0.165. The summed E-state index contributed by atoms with van der Waals surface area (Å²) in [6.07, 6.45) is 4.41. The molecule has 0 aliphatic carbocycles. The van der Waals surface area contributed by atoms with Crippen molar-refractivity contribution >= 4 is 10.9 Å². The normalized spacial score (nSPS) is 12.5. The highest BCUT2D eigenvalue weighted by molar-refractivity contribution is 5.79. The fourth-order valence-corrected chi connectivity index (χ4v) is 2.00. The zero-order valence-corrected chi connectivity index (χ0v) is 11.7. The Kier molecular flexibility index (Phi) is 5.16. The lowest BCUT2D eigenvalue weighted by atomic mass is 10.2. The molecule has 102 valence electrons. The van der Waals surface area contributed by atoms with Gasteiger partial charge in [-0.05, 0) is 38.1 Å². The Morgan fingerprint density at radius 3 is 3.05 bits per heavy atom. The number of rotatable bonds is 7. The van der Waals surface area contributed by atoms with Crippen molar-refractivity contribution in [3.8, 4) is 5.75 Å². The molecule has 0 spiro atoms. The van der Waals surface area contributed by atoms with Crippen LogP contribution in [-0.4, -0.2) is 24.2 Å². The molecule has 1 unspecified atom stereocenters. The van der Waals surface area contributed by atoms with E-state index in [1.54, 1.807) is 0 Å². The largest absolute Gasteiger partial charge is 0.489 e. The molecule has 0 amide bonds. The number of ether oxygens (including phenoxy) is 1. The molecule has 2 aromatic rings. The van der Waals surface area contributed by atoms with Crippen LogP contribution in [-0.2, 0) is 0 Å². The van der Waals surface area contributed by atoms with Crippen molar-refractivity contribution in [2.24, 2.45) is 0 Å². The topological polar surface area (TPSA) is 34.1 Å². The molecule has 1 atom stereocenters. The summed E-state index contributed by atoms with van der Waals surface area (Å²) in [4.78, 5) is 4.34. The van der Waals surface area contributed by atoms with Crippen LogP contribution in [0.3, 0.4) is 0 Å². The van der Waals surface area contributed by atoms with E-state index >= 15 is 0 Å². The van der Waals surface area contributed by atoms with Crippen LogP contribution < -0.4 is 10.1 Å². The second-order valence-corrected chi connectivity index (χ2v) is 4.84. The average Bonchev–Trinajstić information content (AvgIpc) is 2.43. The Labute approximate surface area is 115 Å². The number of pyridine rings is 1. The minimum Gasteiger partial charge on any atom is -0.489 e. The van der Waals surface area contributed by atoms with Crippen LogP contribution in [0.1, 0.15) is 26.7 Å². The monoisotopic (exact) mass is 258 g/mol. The molecule has 0 saturated carbocycles. The van der Waals surface area contributed by atoms with Gasteiger partial charge in [-0.3, -0.25) is 4.98 Å². The SMILES string of the molecule is CCCCNCC(C)Oc1ccc2cccnc2c1. The first-order valence-corrected chi connectivity index (χ1v) is 7.01. The molecule has 1 aromatic carbocycles. The number of unbranched alkanes of at least 4 members (excludes halogenated alkanes) is 1. The maximum atomic E-state index is 5.90. The quantitative estimate of drug-likeness (QED) is 0.773. The Bertz CT molecular complexity index is 513. The minimum absolute atomic E-state index is 0.165. The molecule has 0 aliphatic rings. The van der Waals surface area contributed by atoms with Gasteiger partial charge >= 0.3 is 0 Å². The summed E-state index contributed by atoms with van der Waals surface area (Å²) >= 11 is 0. The maximum Gasteiger partial charge on any atom is 0.121 e. The van der Waals surface area contributed by atoms with Crippen LogP contribution in [0.15, 0.2) is 36.5 Å². The van der Waals surface area contributed by atoms with Crippen LogP contribution in [0.25, 0.3) is 10.9 Å². The number of aromatic nitrogens is 1. The Morgan fingerprint density at radius 2 is 2.21 bits per heavy atom. The number of fused-ring (bicyclic) bond motifs is 1. The first-order chi connectivity index (χ1) is 9.29. The third-order valence-electron chi connectivity index (χ3n) is 3.05. The molecule has 2 rings (SSSR count). The average molecular weight is 258 g/mol. The van der Waals surface area contributed by atoms with E-state index in [4.69, 9.17) is 4.74 Å². The molecule has 19 heavy (non-hydrogen) atoms. The molecule has 1 aromatic heterocycles. The van der Waals surface area contributed by atoms with Crippen molar-refractivity contribution in [2.45, 2.75) is 32.8 Å². The van der Waals surface area contributed by atoms with Gasteiger partial charge in [0.25, 0.3) is 0 Å². The molecular weight excluding hydrogens is 236 g/mol. The maximum absolute atomic E-state index is 5.90. The first-order valence-electron chi connectivity index (χ1n) is 7.01. The molecule has 1 heterocycles. The van der Waals surface area contributed by atoms with Gasteiger partial charge in [0.15, 0.2) is 0 Å². The van der Waals surface area contributed by atoms with E-state index in [9.17, 15) is 0 Å².